The highest BCUT2D eigenvalue weighted by Gasteiger charge is 2.18. The molecule has 1 aromatic carbocycles. The van der Waals surface area contributed by atoms with E-state index in [1.54, 1.807) is 6.08 Å². The van der Waals surface area contributed by atoms with Gasteiger partial charge in [-0.3, -0.25) is 5.10 Å². The van der Waals surface area contributed by atoms with Crippen molar-refractivity contribution in [1.82, 2.24) is 30.7 Å². The molecule has 0 radical (unpaired) electrons. The van der Waals surface area contributed by atoms with Crippen molar-refractivity contribution in [3.8, 4) is 0 Å². The summed E-state index contributed by atoms with van der Waals surface area (Å²) in [5, 5.41) is 14.4. The van der Waals surface area contributed by atoms with Crippen molar-refractivity contribution in [1.29, 1.82) is 0 Å². The first-order valence-corrected chi connectivity index (χ1v) is 11.9. The summed E-state index contributed by atoms with van der Waals surface area (Å²) in [6, 6.07) is 8.59. The molecular formula is C28H37N7. The largest absolute Gasteiger partial charge is 0.383 e. The number of H-pyrrole nitrogens is 1. The number of hydrogen-bond donors (Lipinski definition) is 3. The Morgan fingerprint density at radius 2 is 1.97 bits per heavy atom. The van der Waals surface area contributed by atoms with Crippen molar-refractivity contribution in [2.75, 3.05) is 27.2 Å². The summed E-state index contributed by atoms with van der Waals surface area (Å²) in [5.41, 5.74) is 5.60. The Bertz CT molecular complexity index is 1160. The summed E-state index contributed by atoms with van der Waals surface area (Å²) in [6.45, 7) is 17.8. The fourth-order valence-corrected chi connectivity index (χ4v) is 3.90. The van der Waals surface area contributed by atoms with E-state index in [0.29, 0.717) is 17.5 Å². The first kappa shape index (κ1) is 25.9. The van der Waals surface area contributed by atoms with Crippen LogP contribution in [0.1, 0.15) is 49.5 Å². The number of nitrogens with one attached hydrogen (secondary N) is 3. The Hall–Kier alpha value is -3.71. The number of allylic oxidation sites excluding steroid dienone is 5. The lowest BCUT2D eigenvalue weighted by Crippen LogP contribution is -2.42. The van der Waals surface area contributed by atoms with Crippen LogP contribution in [0.25, 0.3) is 16.7 Å². The normalized spacial score (nSPS) is 17.4. The van der Waals surface area contributed by atoms with Crippen molar-refractivity contribution in [3.05, 3.63) is 91.0 Å². The van der Waals surface area contributed by atoms with Crippen LogP contribution in [0, 0.1) is 0 Å². The van der Waals surface area contributed by atoms with Crippen molar-refractivity contribution >= 4 is 22.4 Å². The predicted molar refractivity (Wildman–Crippen MR) is 148 cm³/mol. The molecule has 3 N–H and O–H groups in total. The van der Waals surface area contributed by atoms with Crippen LogP contribution in [0.4, 0.5) is 0 Å². The van der Waals surface area contributed by atoms with E-state index in [1.807, 2.05) is 45.0 Å². The molecule has 1 aromatic heterocycles. The lowest BCUT2D eigenvalue weighted by atomic mass is 10.0. The highest BCUT2D eigenvalue weighted by Crippen LogP contribution is 2.22. The minimum atomic E-state index is 0.260. The molecule has 7 heteroatoms. The Kier molecular flexibility index (Phi) is 8.98. The van der Waals surface area contributed by atoms with E-state index >= 15 is 0 Å². The van der Waals surface area contributed by atoms with Crippen LogP contribution in [-0.2, 0) is 0 Å². The molecule has 0 spiro atoms. The van der Waals surface area contributed by atoms with Gasteiger partial charge in [-0.1, -0.05) is 50.1 Å². The molecule has 0 bridgehead atoms. The molecule has 1 atom stereocenters. The van der Waals surface area contributed by atoms with Crippen molar-refractivity contribution in [3.63, 3.8) is 0 Å². The predicted octanol–water partition coefficient (Wildman–Crippen LogP) is 4.63. The van der Waals surface area contributed by atoms with Crippen molar-refractivity contribution < 1.29 is 0 Å². The van der Waals surface area contributed by atoms with Gasteiger partial charge in [-0.15, -0.1) is 0 Å². The topological polar surface area (TPSA) is 81.2 Å². The number of aromatic nitrogens is 3. The SMILES string of the molecule is C=C/C(=C\N(C)C)c1cccc(/C(C)=N/C(NC2CCCNC2)=C(\C=C)c2nc(C(=C)C)n[nH]2)c1. The molecule has 184 valence electrons. The van der Waals surface area contributed by atoms with Gasteiger partial charge in [0.15, 0.2) is 11.6 Å². The smallest absolute Gasteiger partial charge is 0.176 e. The van der Waals surface area contributed by atoms with Gasteiger partial charge >= 0.3 is 0 Å². The Labute approximate surface area is 209 Å². The molecule has 2 heterocycles. The quantitative estimate of drug-likeness (QED) is 0.348. The molecule has 0 saturated carbocycles. The van der Waals surface area contributed by atoms with E-state index in [1.165, 1.54) is 0 Å². The summed E-state index contributed by atoms with van der Waals surface area (Å²) in [7, 11) is 4.00. The second-order valence-electron chi connectivity index (χ2n) is 8.97. The highest BCUT2D eigenvalue weighted by molar-refractivity contribution is 6.00. The van der Waals surface area contributed by atoms with Gasteiger partial charge in [0.05, 0.1) is 5.57 Å². The van der Waals surface area contributed by atoms with Crippen LogP contribution in [0.5, 0.6) is 0 Å². The number of rotatable bonds is 10. The summed E-state index contributed by atoms with van der Waals surface area (Å²) >= 11 is 0. The second-order valence-corrected chi connectivity index (χ2v) is 8.97. The van der Waals surface area contributed by atoms with Gasteiger partial charge in [-0.05, 0) is 61.6 Å². The zero-order valence-electron chi connectivity index (χ0n) is 21.4. The van der Waals surface area contributed by atoms with Crippen LogP contribution in [0.15, 0.2) is 73.2 Å². The summed E-state index contributed by atoms with van der Waals surface area (Å²) in [6.07, 6.45) is 7.87. The van der Waals surface area contributed by atoms with Crippen LogP contribution in [0.2, 0.25) is 0 Å². The van der Waals surface area contributed by atoms with Crippen LogP contribution < -0.4 is 10.6 Å². The van der Waals surface area contributed by atoms with Crippen LogP contribution in [0.3, 0.4) is 0 Å². The summed E-state index contributed by atoms with van der Waals surface area (Å²) in [5.74, 6) is 1.90. The fourth-order valence-electron chi connectivity index (χ4n) is 3.90. The van der Waals surface area contributed by atoms with E-state index in [9.17, 15) is 0 Å². The highest BCUT2D eigenvalue weighted by atomic mass is 15.2. The van der Waals surface area contributed by atoms with Gasteiger partial charge in [-0.25, -0.2) is 9.98 Å². The molecule has 1 unspecified atom stereocenters. The van der Waals surface area contributed by atoms with Gasteiger partial charge in [0.1, 0.15) is 5.82 Å². The van der Waals surface area contributed by atoms with Crippen LogP contribution >= 0.6 is 0 Å². The molecule has 2 aromatic rings. The van der Waals surface area contributed by atoms with E-state index in [4.69, 9.17) is 4.99 Å². The maximum Gasteiger partial charge on any atom is 0.176 e. The third-order valence-corrected chi connectivity index (χ3v) is 5.73. The number of hydrogen-bond acceptors (Lipinski definition) is 6. The minimum absolute atomic E-state index is 0.260. The number of benzene rings is 1. The average molecular weight is 472 g/mol. The molecular weight excluding hydrogens is 434 g/mol. The summed E-state index contributed by atoms with van der Waals surface area (Å²) < 4.78 is 0. The summed E-state index contributed by atoms with van der Waals surface area (Å²) in [4.78, 5) is 11.7. The molecule has 0 aliphatic carbocycles. The number of nitrogens with zero attached hydrogens (tertiary/aromatic N) is 4. The second kappa shape index (κ2) is 12.1. The average Bonchev–Trinajstić information content (AvgIpc) is 3.34. The molecule has 1 aliphatic heterocycles. The molecule has 1 fully saturated rings. The van der Waals surface area contributed by atoms with E-state index in [-0.39, 0.29) is 6.04 Å². The zero-order valence-corrected chi connectivity index (χ0v) is 21.4. The van der Waals surface area contributed by atoms with E-state index in [0.717, 1.165) is 59.5 Å². The number of aliphatic imine (C=N–C) groups is 1. The monoisotopic (exact) mass is 471 g/mol. The van der Waals surface area contributed by atoms with Gasteiger partial charge in [0.25, 0.3) is 0 Å². The molecule has 0 amide bonds. The van der Waals surface area contributed by atoms with Crippen molar-refractivity contribution in [2.45, 2.75) is 32.7 Å². The Balaban J connectivity index is 2.06. The number of piperidine rings is 1. The molecule has 35 heavy (non-hydrogen) atoms. The maximum atomic E-state index is 5.05. The third kappa shape index (κ3) is 6.90. The van der Waals surface area contributed by atoms with E-state index < -0.39 is 0 Å². The Morgan fingerprint density at radius 3 is 2.57 bits per heavy atom. The van der Waals surface area contributed by atoms with Gasteiger partial charge in [-0.2, -0.15) is 5.10 Å². The van der Waals surface area contributed by atoms with Crippen molar-refractivity contribution in [2.24, 2.45) is 4.99 Å². The third-order valence-electron chi connectivity index (χ3n) is 5.73. The number of aromatic amines is 1. The molecule has 7 nitrogen and oxygen atoms in total. The fraction of sp³-hybridized carbons (Fsp3) is 0.321. The molecule has 3 rings (SSSR count). The van der Waals surface area contributed by atoms with Gasteiger partial charge in [0.2, 0.25) is 0 Å². The maximum absolute atomic E-state index is 5.05. The first-order valence-electron chi connectivity index (χ1n) is 11.9. The molecule has 1 aliphatic rings. The first-order chi connectivity index (χ1) is 16.8. The Morgan fingerprint density at radius 1 is 1.20 bits per heavy atom. The zero-order chi connectivity index (χ0) is 25.4. The molecule has 1 saturated heterocycles. The van der Waals surface area contributed by atoms with Crippen LogP contribution in [-0.4, -0.2) is 59.0 Å². The lowest BCUT2D eigenvalue weighted by molar-refractivity contribution is 0.413. The van der Waals surface area contributed by atoms with E-state index in [2.05, 4.69) is 70.0 Å². The lowest BCUT2D eigenvalue weighted by Gasteiger charge is -2.25. The van der Waals surface area contributed by atoms with Gasteiger partial charge < -0.3 is 15.5 Å². The minimum Gasteiger partial charge on any atom is -0.383 e. The van der Waals surface area contributed by atoms with Gasteiger partial charge in [0, 0.05) is 38.6 Å². The standard InChI is InChI=1S/C28H37N7/c1-8-21(18-35(6)7)23-13-10-12-22(16-23)20(5)30-27(31-24-14-11-15-29-17-24)25(9-2)28-32-26(19(3)4)33-34-28/h8-10,12-13,16,18,24,29,31H,1-3,11,14-15,17H2,4-7H3,(H,32,33,34)/b21-18+,27-25-,30-20+.